The van der Waals surface area contributed by atoms with Crippen LogP contribution in [0.3, 0.4) is 0 Å². The van der Waals surface area contributed by atoms with Crippen molar-refractivity contribution in [3.05, 3.63) is 64.8 Å². The second kappa shape index (κ2) is 8.91. The Kier molecular flexibility index (Phi) is 6.50. The molecule has 0 aliphatic carbocycles. The van der Waals surface area contributed by atoms with Crippen molar-refractivity contribution >= 4 is 23.5 Å². The Morgan fingerprint density at radius 3 is 2.43 bits per heavy atom. The number of carbonyl (C=O) groups excluding carboxylic acids is 1. The maximum Gasteiger partial charge on any atom is 0.352 e. The highest BCUT2D eigenvalue weighted by Crippen LogP contribution is 2.33. The molecule has 0 atom stereocenters. The van der Waals surface area contributed by atoms with E-state index < -0.39 is 6.03 Å². The van der Waals surface area contributed by atoms with Crippen LogP contribution in [0.25, 0.3) is 11.3 Å². The molecule has 0 fully saturated rings. The van der Waals surface area contributed by atoms with E-state index in [1.54, 1.807) is 11.8 Å². The third-order valence-corrected chi connectivity index (χ3v) is 6.31. The Morgan fingerprint density at radius 2 is 1.83 bits per heavy atom. The summed E-state index contributed by atoms with van der Waals surface area (Å²) in [6.45, 7) is 6.16. The van der Waals surface area contributed by atoms with Gasteiger partial charge in [-0.25, -0.2) is 21.5 Å². The minimum absolute atomic E-state index is 0.474. The summed E-state index contributed by atoms with van der Waals surface area (Å²) in [6.07, 6.45) is 0. The molecule has 7 nitrogen and oxygen atoms in total. The van der Waals surface area contributed by atoms with E-state index in [0.717, 1.165) is 38.1 Å². The number of aryl methyl sites for hydroxylation is 4. The van der Waals surface area contributed by atoms with Crippen molar-refractivity contribution in [3.8, 4) is 11.3 Å². The first-order valence-electron chi connectivity index (χ1n) is 9.59. The van der Waals surface area contributed by atoms with Crippen LogP contribution >= 0.6 is 11.8 Å². The molecule has 4 N–H and O–H groups in total. The zero-order valence-electron chi connectivity index (χ0n) is 18.0. The predicted molar refractivity (Wildman–Crippen MR) is 123 cm³/mol. The fourth-order valence-corrected chi connectivity index (χ4v) is 4.32. The van der Waals surface area contributed by atoms with E-state index >= 15 is 0 Å². The molecular weight excluding hydrogens is 396 g/mol. The minimum Gasteiger partial charge on any atom is -0.272 e. The van der Waals surface area contributed by atoms with E-state index in [-0.39, 0.29) is 0 Å². The number of nitrogens with zero attached hydrogens (tertiary/aromatic N) is 4. The van der Waals surface area contributed by atoms with Crippen molar-refractivity contribution in [3.63, 3.8) is 0 Å². The Labute approximate surface area is 181 Å². The van der Waals surface area contributed by atoms with Crippen LogP contribution in [0.5, 0.6) is 0 Å². The summed E-state index contributed by atoms with van der Waals surface area (Å²) in [7, 11) is 3.42. The van der Waals surface area contributed by atoms with Crippen molar-refractivity contribution in [2.24, 2.45) is 18.7 Å². The van der Waals surface area contributed by atoms with Crippen LogP contribution in [0.1, 0.15) is 22.4 Å². The lowest BCUT2D eigenvalue weighted by atomic mass is 10.1. The fourth-order valence-electron chi connectivity index (χ4n) is 3.20. The lowest BCUT2D eigenvalue weighted by Gasteiger charge is -2.24. The number of hydrazine groups is 2. The van der Waals surface area contributed by atoms with Crippen molar-refractivity contribution < 1.29 is 4.79 Å². The molecule has 2 aromatic carbocycles. The van der Waals surface area contributed by atoms with Gasteiger partial charge >= 0.3 is 6.03 Å². The molecular formula is C22H28N6OS. The van der Waals surface area contributed by atoms with Gasteiger partial charge in [0.05, 0.1) is 11.4 Å². The molecule has 0 aliphatic rings. The van der Waals surface area contributed by atoms with E-state index in [1.807, 2.05) is 43.8 Å². The predicted octanol–water partition coefficient (Wildman–Crippen LogP) is 3.91. The monoisotopic (exact) mass is 424 g/mol. The van der Waals surface area contributed by atoms with Crippen LogP contribution < -0.4 is 16.7 Å². The van der Waals surface area contributed by atoms with Gasteiger partial charge in [-0.1, -0.05) is 18.2 Å². The molecule has 30 heavy (non-hydrogen) atoms. The van der Waals surface area contributed by atoms with E-state index in [0.29, 0.717) is 11.4 Å². The van der Waals surface area contributed by atoms with E-state index in [4.69, 9.17) is 11.7 Å². The number of urea groups is 1. The normalized spacial score (nSPS) is 10.9. The summed E-state index contributed by atoms with van der Waals surface area (Å²) in [4.78, 5) is 13.4. The van der Waals surface area contributed by atoms with Gasteiger partial charge < -0.3 is 0 Å². The highest BCUT2D eigenvalue weighted by Gasteiger charge is 2.19. The first-order chi connectivity index (χ1) is 14.2. The number of thioether (sulfide) groups is 1. The second-order valence-corrected chi connectivity index (χ2v) is 8.42. The smallest absolute Gasteiger partial charge is 0.272 e. The van der Waals surface area contributed by atoms with Crippen LogP contribution in [0.4, 0.5) is 10.5 Å². The average molecular weight is 425 g/mol. The number of hydrogen-bond donors (Lipinski definition) is 2. The Balaban J connectivity index is 1.83. The van der Waals surface area contributed by atoms with Gasteiger partial charge in [-0.3, -0.25) is 9.69 Å². The third kappa shape index (κ3) is 4.51. The van der Waals surface area contributed by atoms with Crippen molar-refractivity contribution in [1.29, 1.82) is 0 Å². The maximum atomic E-state index is 12.2. The van der Waals surface area contributed by atoms with E-state index in [1.165, 1.54) is 17.5 Å². The van der Waals surface area contributed by atoms with Crippen LogP contribution in [-0.2, 0) is 12.8 Å². The lowest BCUT2D eigenvalue weighted by molar-refractivity contribution is 0.216. The van der Waals surface area contributed by atoms with E-state index in [2.05, 4.69) is 36.3 Å². The van der Waals surface area contributed by atoms with Gasteiger partial charge in [-0.2, -0.15) is 5.10 Å². The summed E-state index contributed by atoms with van der Waals surface area (Å²) in [5, 5.41) is 6.64. The van der Waals surface area contributed by atoms with Gasteiger partial charge in [0.25, 0.3) is 0 Å². The highest BCUT2D eigenvalue weighted by atomic mass is 32.2. The van der Waals surface area contributed by atoms with Gasteiger partial charge in [0.15, 0.2) is 0 Å². The second-order valence-electron chi connectivity index (χ2n) is 7.40. The number of nitrogens with two attached hydrogens (primary N) is 2. The summed E-state index contributed by atoms with van der Waals surface area (Å²) in [6, 6.07) is 13.7. The lowest BCUT2D eigenvalue weighted by Crippen LogP contribution is -2.49. The summed E-state index contributed by atoms with van der Waals surface area (Å²) < 4.78 is 1.88. The van der Waals surface area contributed by atoms with Gasteiger partial charge in [-0.15, -0.1) is 11.8 Å². The molecule has 0 aliphatic heterocycles. The zero-order valence-corrected chi connectivity index (χ0v) is 18.8. The zero-order chi connectivity index (χ0) is 22.0. The molecule has 158 valence electrons. The molecule has 3 rings (SSSR count). The molecule has 2 amide bonds. The standard InChI is InChI=1S/C22H28N6OS/c1-14-7-6-8-20(28(24)22(29)26(4)23)18(14)13-30-21-10-9-17(11-15(21)2)19-12-16(3)27(5)25-19/h6-12H,13,23-24H2,1-5H3. The molecule has 1 aromatic heterocycles. The van der Waals surface area contributed by atoms with E-state index in [9.17, 15) is 4.79 Å². The van der Waals surface area contributed by atoms with Gasteiger partial charge in [0.2, 0.25) is 0 Å². The number of amides is 2. The Morgan fingerprint density at radius 1 is 1.10 bits per heavy atom. The summed E-state index contributed by atoms with van der Waals surface area (Å²) in [5.74, 6) is 12.3. The molecule has 3 aromatic rings. The van der Waals surface area contributed by atoms with Crippen molar-refractivity contribution in [2.75, 3.05) is 12.1 Å². The SMILES string of the molecule is Cc1cc(-c2cc(C)n(C)n2)ccc1SCc1c(C)cccc1N(N)C(=O)N(C)N. The van der Waals surface area contributed by atoms with Gasteiger partial charge in [0, 0.05) is 36.0 Å². The first-order valence-corrected chi connectivity index (χ1v) is 10.6. The summed E-state index contributed by atoms with van der Waals surface area (Å²) in [5.41, 5.74) is 7.10. The molecule has 0 unspecified atom stereocenters. The summed E-state index contributed by atoms with van der Waals surface area (Å²) >= 11 is 1.71. The molecule has 0 saturated heterocycles. The van der Waals surface area contributed by atoms with Crippen LogP contribution in [-0.4, -0.2) is 27.9 Å². The number of rotatable bonds is 5. The third-order valence-electron chi connectivity index (χ3n) is 5.11. The Bertz CT molecular complexity index is 1060. The highest BCUT2D eigenvalue weighted by molar-refractivity contribution is 7.98. The number of aromatic nitrogens is 2. The van der Waals surface area contributed by atoms with Gasteiger partial charge in [-0.05, 0) is 61.7 Å². The Hall–Kier alpha value is -2.81. The topological polar surface area (TPSA) is 93.4 Å². The molecule has 0 saturated carbocycles. The molecule has 1 heterocycles. The maximum absolute atomic E-state index is 12.2. The number of benzene rings is 2. The van der Waals surface area contributed by atoms with Crippen molar-refractivity contribution in [2.45, 2.75) is 31.4 Å². The number of hydrogen-bond acceptors (Lipinski definition) is 5. The number of anilines is 1. The van der Waals surface area contributed by atoms with Crippen LogP contribution in [0, 0.1) is 20.8 Å². The van der Waals surface area contributed by atoms with Crippen molar-refractivity contribution in [1.82, 2.24) is 14.8 Å². The molecule has 8 heteroatoms. The molecule has 0 spiro atoms. The van der Waals surface area contributed by atoms with Crippen LogP contribution in [0.15, 0.2) is 47.4 Å². The average Bonchev–Trinajstić information content (AvgIpc) is 3.05. The number of carbonyl (C=O) groups is 1. The molecule has 0 radical (unpaired) electrons. The quantitative estimate of drug-likeness (QED) is 0.280. The fraction of sp³-hybridized carbons (Fsp3) is 0.273. The van der Waals surface area contributed by atoms with Gasteiger partial charge in [0.1, 0.15) is 0 Å². The first kappa shape index (κ1) is 21.9. The largest absolute Gasteiger partial charge is 0.352 e. The van der Waals surface area contributed by atoms with Crippen LogP contribution in [0.2, 0.25) is 0 Å². The molecule has 0 bridgehead atoms. The minimum atomic E-state index is -0.474.